The van der Waals surface area contributed by atoms with Gasteiger partial charge in [0.1, 0.15) is 12.4 Å². The summed E-state index contributed by atoms with van der Waals surface area (Å²) in [6.07, 6.45) is 2.54. The lowest BCUT2D eigenvalue weighted by Gasteiger charge is -2.12. The number of hydrogen-bond acceptors (Lipinski definition) is 2. The van der Waals surface area contributed by atoms with Crippen molar-refractivity contribution >= 4 is 23.2 Å². The topological polar surface area (TPSA) is 21.3 Å². The molecule has 0 amide bonds. The highest BCUT2D eigenvalue weighted by Crippen LogP contribution is 2.25. The monoisotopic (exact) mass is 285 g/mol. The van der Waals surface area contributed by atoms with Crippen LogP contribution in [-0.4, -0.2) is 12.6 Å². The van der Waals surface area contributed by atoms with Gasteiger partial charge in [-0.05, 0) is 43.5 Å². The normalized spacial score (nSPS) is 15.8. The smallest absolute Gasteiger partial charge is 0.124 e. The zero-order valence-corrected chi connectivity index (χ0v) is 11.9. The van der Waals surface area contributed by atoms with E-state index in [1.54, 1.807) is 0 Å². The highest BCUT2D eigenvalue weighted by Gasteiger charge is 2.20. The van der Waals surface area contributed by atoms with Crippen LogP contribution in [-0.2, 0) is 6.54 Å². The van der Waals surface area contributed by atoms with Crippen molar-refractivity contribution in [1.82, 2.24) is 5.32 Å². The molecule has 0 atom stereocenters. The number of benzene rings is 1. The summed E-state index contributed by atoms with van der Waals surface area (Å²) in [5.41, 5.74) is 3.63. The SMILES string of the molecule is C/C(=C/Cl)COc1ccc(Cl)cc1CNC1CC1. The Kier molecular flexibility index (Phi) is 4.93. The molecular weight excluding hydrogens is 269 g/mol. The Morgan fingerprint density at radius 1 is 1.50 bits per heavy atom. The number of halogens is 2. The van der Waals surface area contributed by atoms with Gasteiger partial charge >= 0.3 is 0 Å². The summed E-state index contributed by atoms with van der Waals surface area (Å²) in [5.74, 6) is 0.866. The third-order valence-corrected chi connectivity index (χ3v) is 3.43. The fourth-order valence-corrected chi connectivity index (χ4v) is 1.85. The minimum absolute atomic E-state index is 0.502. The van der Waals surface area contributed by atoms with E-state index in [-0.39, 0.29) is 0 Å². The first-order valence-corrected chi connectivity index (χ1v) is 6.91. The van der Waals surface area contributed by atoms with Crippen LogP contribution in [0.15, 0.2) is 29.3 Å². The van der Waals surface area contributed by atoms with Gasteiger partial charge in [0.25, 0.3) is 0 Å². The largest absolute Gasteiger partial charge is 0.489 e. The maximum atomic E-state index is 6.02. The summed E-state index contributed by atoms with van der Waals surface area (Å²) in [5, 5.41) is 4.20. The van der Waals surface area contributed by atoms with Crippen LogP contribution in [0.3, 0.4) is 0 Å². The van der Waals surface area contributed by atoms with Crippen molar-refractivity contribution in [2.75, 3.05) is 6.61 Å². The first-order chi connectivity index (χ1) is 8.69. The predicted octanol–water partition coefficient (Wildman–Crippen LogP) is 4.11. The van der Waals surface area contributed by atoms with Crippen LogP contribution in [0.1, 0.15) is 25.3 Å². The highest BCUT2D eigenvalue weighted by atomic mass is 35.5. The summed E-state index contributed by atoms with van der Waals surface area (Å²) in [4.78, 5) is 0. The van der Waals surface area contributed by atoms with Gasteiger partial charge in [-0.2, -0.15) is 0 Å². The summed E-state index contributed by atoms with van der Waals surface area (Å²) < 4.78 is 5.75. The molecule has 1 aliphatic carbocycles. The third-order valence-electron chi connectivity index (χ3n) is 2.82. The first kappa shape index (κ1) is 13.7. The van der Waals surface area contributed by atoms with Crippen LogP contribution >= 0.6 is 23.2 Å². The number of hydrogen-bond donors (Lipinski definition) is 1. The molecular formula is C14H17Cl2NO. The molecule has 0 unspecified atom stereocenters. The Balaban J connectivity index is 2.01. The molecule has 0 aromatic heterocycles. The lowest BCUT2D eigenvalue weighted by atomic mass is 10.2. The van der Waals surface area contributed by atoms with E-state index in [0.717, 1.165) is 28.5 Å². The first-order valence-electron chi connectivity index (χ1n) is 6.09. The fraction of sp³-hybridized carbons (Fsp3) is 0.429. The molecule has 0 aliphatic heterocycles. The molecule has 0 saturated heterocycles. The van der Waals surface area contributed by atoms with E-state index in [4.69, 9.17) is 27.9 Å². The van der Waals surface area contributed by atoms with Crippen LogP contribution in [0.4, 0.5) is 0 Å². The fourth-order valence-electron chi connectivity index (χ4n) is 1.59. The van der Waals surface area contributed by atoms with Crippen molar-refractivity contribution in [2.45, 2.75) is 32.4 Å². The summed E-state index contributed by atoms with van der Waals surface area (Å²) in [7, 11) is 0. The molecule has 1 aliphatic rings. The van der Waals surface area contributed by atoms with E-state index in [9.17, 15) is 0 Å². The molecule has 18 heavy (non-hydrogen) atoms. The Labute approximate surface area is 118 Å². The molecule has 1 N–H and O–H groups in total. The molecule has 1 saturated carbocycles. The number of nitrogens with one attached hydrogen (secondary N) is 1. The van der Waals surface area contributed by atoms with E-state index in [2.05, 4.69) is 5.32 Å². The standard InChI is InChI=1S/C14H17Cl2NO/c1-10(7-15)9-18-14-5-2-12(16)6-11(14)8-17-13-3-4-13/h2,5-7,13,17H,3-4,8-9H2,1H3/b10-7-. The van der Waals surface area contributed by atoms with Gasteiger partial charge in [-0.25, -0.2) is 0 Å². The highest BCUT2D eigenvalue weighted by molar-refractivity contribution is 6.30. The molecule has 1 fully saturated rings. The lowest BCUT2D eigenvalue weighted by molar-refractivity contribution is 0.347. The Hall–Kier alpha value is -0.700. The van der Waals surface area contributed by atoms with Gasteiger partial charge in [0.2, 0.25) is 0 Å². The lowest BCUT2D eigenvalue weighted by Crippen LogP contribution is -2.16. The summed E-state index contributed by atoms with van der Waals surface area (Å²) in [6, 6.07) is 6.37. The van der Waals surface area contributed by atoms with E-state index in [1.807, 2.05) is 25.1 Å². The van der Waals surface area contributed by atoms with E-state index in [0.29, 0.717) is 12.6 Å². The Morgan fingerprint density at radius 2 is 2.28 bits per heavy atom. The van der Waals surface area contributed by atoms with Crippen molar-refractivity contribution in [1.29, 1.82) is 0 Å². The van der Waals surface area contributed by atoms with Crippen molar-refractivity contribution in [3.8, 4) is 5.75 Å². The van der Waals surface area contributed by atoms with Gasteiger partial charge in [-0.15, -0.1) is 0 Å². The maximum Gasteiger partial charge on any atom is 0.124 e. The van der Waals surface area contributed by atoms with Crippen molar-refractivity contribution in [3.05, 3.63) is 39.9 Å². The summed E-state index contributed by atoms with van der Waals surface area (Å²) >= 11 is 11.6. The van der Waals surface area contributed by atoms with Crippen LogP contribution in [0.25, 0.3) is 0 Å². The maximum absolute atomic E-state index is 6.02. The van der Waals surface area contributed by atoms with Gasteiger partial charge in [-0.3, -0.25) is 0 Å². The Morgan fingerprint density at radius 3 is 2.94 bits per heavy atom. The second kappa shape index (κ2) is 6.46. The van der Waals surface area contributed by atoms with Gasteiger partial charge in [-0.1, -0.05) is 23.2 Å². The Bertz CT molecular complexity index is 441. The predicted molar refractivity (Wildman–Crippen MR) is 76.4 cm³/mol. The molecule has 1 aromatic rings. The summed E-state index contributed by atoms with van der Waals surface area (Å²) in [6.45, 7) is 3.23. The van der Waals surface area contributed by atoms with Crippen LogP contribution in [0.5, 0.6) is 5.75 Å². The molecule has 2 rings (SSSR count). The van der Waals surface area contributed by atoms with Crippen molar-refractivity contribution in [3.63, 3.8) is 0 Å². The second-order valence-corrected chi connectivity index (χ2v) is 5.31. The van der Waals surface area contributed by atoms with Gasteiger partial charge in [0, 0.05) is 28.7 Å². The van der Waals surface area contributed by atoms with E-state index in [1.165, 1.54) is 18.4 Å². The number of rotatable bonds is 6. The van der Waals surface area contributed by atoms with Crippen LogP contribution < -0.4 is 10.1 Å². The second-order valence-electron chi connectivity index (χ2n) is 4.65. The molecule has 0 heterocycles. The molecule has 4 heteroatoms. The average Bonchev–Trinajstić information content (AvgIpc) is 3.18. The van der Waals surface area contributed by atoms with Crippen molar-refractivity contribution in [2.24, 2.45) is 0 Å². The third kappa shape index (κ3) is 4.20. The van der Waals surface area contributed by atoms with Gasteiger partial charge in [0.05, 0.1) is 0 Å². The molecule has 98 valence electrons. The quantitative estimate of drug-likeness (QED) is 0.849. The molecule has 0 radical (unpaired) electrons. The minimum Gasteiger partial charge on any atom is -0.489 e. The molecule has 0 bridgehead atoms. The molecule has 0 spiro atoms. The zero-order chi connectivity index (χ0) is 13.0. The van der Waals surface area contributed by atoms with Crippen LogP contribution in [0, 0.1) is 0 Å². The molecule has 1 aromatic carbocycles. The zero-order valence-electron chi connectivity index (χ0n) is 10.4. The van der Waals surface area contributed by atoms with Gasteiger partial charge in [0.15, 0.2) is 0 Å². The van der Waals surface area contributed by atoms with E-state index >= 15 is 0 Å². The molecule has 2 nitrogen and oxygen atoms in total. The average molecular weight is 286 g/mol. The minimum atomic E-state index is 0.502. The number of ether oxygens (including phenoxy) is 1. The van der Waals surface area contributed by atoms with E-state index < -0.39 is 0 Å². The van der Waals surface area contributed by atoms with Crippen molar-refractivity contribution < 1.29 is 4.74 Å². The van der Waals surface area contributed by atoms with Crippen LogP contribution in [0.2, 0.25) is 5.02 Å². The van der Waals surface area contributed by atoms with Gasteiger partial charge < -0.3 is 10.1 Å².